The van der Waals surface area contributed by atoms with E-state index in [1.807, 2.05) is 0 Å². The molecule has 2 bridgehead atoms. The Bertz CT molecular complexity index is 897. The van der Waals surface area contributed by atoms with Crippen LogP contribution in [-0.4, -0.2) is 27.1 Å². The number of aromatic nitrogens is 2. The average molecular weight is 400 g/mol. The van der Waals surface area contributed by atoms with Crippen molar-refractivity contribution in [2.45, 2.75) is 37.9 Å². The molecule has 2 unspecified atom stereocenters. The number of carboxylic acids is 1. The smallest absolute Gasteiger partial charge is 0.418 e. The third-order valence-electron chi connectivity index (χ3n) is 5.81. The van der Waals surface area contributed by atoms with E-state index < -0.39 is 29.7 Å². The number of carboxylic acid groups (broad SMARTS) is 1. The molecule has 0 radical (unpaired) electrons. The summed E-state index contributed by atoms with van der Waals surface area (Å²) in [5.74, 6) is -1.11. The van der Waals surface area contributed by atoms with Crippen molar-refractivity contribution in [2.24, 2.45) is 17.8 Å². The molecule has 9 heteroatoms. The summed E-state index contributed by atoms with van der Waals surface area (Å²) in [7, 11) is 0. The van der Waals surface area contributed by atoms with Crippen molar-refractivity contribution in [3.63, 3.8) is 0 Å². The molecule has 3 saturated carbocycles. The third-order valence-corrected chi connectivity index (χ3v) is 5.98. The number of carbonyl (C=O) groups is 1. The molecular weight excluding hydrogens is 383 g/mol. The number of anilines is 1. The van der Waals surface area contributed by atoms with Crippen LogP contribution in [0, 0.1) is 17.8 Å². The number of hydrogen-bond acceptors (Lipinski definition) is 4. The first-order valence-corrected chi connectivity index (χ1v) is 9.16. The van der Waals surface area contributed by atoms with Gasteiger partial charge in [0.25, 0.3) is 0 Å². The van der Waals surface area contributed by atoms with E-state index in [9.17, 15) is 23.1 Å². The van der Waals surface area contributed by atoms with Gasteiger partial charge < -0.3 is 10.4 Å². The zero-order valence-corrected chi connectivity index (χ0v) is 14.9. The summed E-state index contributed by atoms with van der Waals surface area (Å²) in [6, 6.07) is 3.33. The quantitative estimate of drug-likeness (QED) is 0.737. The van der Waals surface area contributed by atoms with Crippen molar-refractivity contribution in [1.29, 1.82) is 0 Å². The van der Waals surface area contributed by atoms with Crippen LogP contribution >= 0.6 is 11.6 Å². The summed E-state index contributed by atoms with van der Waals surface area (Å²) < 4.78 is 40.0. The van der Waals surface area contributed by atoms with E-state index in [1.165, 1.54) is 12.1 Å². The van der Waals surface area contributed by atoms with Gasteiger partial charge in [-0.2, -0.15) is 13.2 Å². The summed E-state index contributed by atoms with van der Waals surface area (Å²) in [6.07, 6.45) is -1.05. The Morgan fingerprint density at radius 2 is 1.81 bits per heavy atom. The topological polar surface area (TPSA) is 75.1 Å². The van der Waals surface area contributed by atoms with Crippen LogP contribution in [0.4, 0.5) is 19.0 Å². The Morgan fingerprint density at radius 3 is 2.44 bits per heavy atom. The number of para-hydroxylation sites is 1. The fourth-order valence-electron chi connectivity index (χ4n) is 4.63. The SMILES string of the molecule is O=C(O)C1C2CCC(CC2)C1Nc1nc(Cl)nc2c(C(F)(F)F)cccc12. The molecule has 3 aliphatic rings. The van der Waals surface area contributed by atoms with E-state index in [-0.39, 0.29) is 33.8 Å². The number of rotatable bonds is 3. The van der Waals surface area contributed by atoms with Crippen molar-refractivity contribution >= 4 is 34.3 Å². The maximum Gasteiger partial charge on any atom is 0.418 e. The average Bonchev–Trinajstić information content (AvgIpc) is 2.61. The van der Waals surface area contributed by atoms with Gasteiger partial charge in [0.15, 0.2) is 0 Å². The van der Waals surface area contributed by atoms with Crippen LogP contribution in [0.15, 0.2) is 18.2 Å². The second-order valence-electron chi connectivity index (χ2n) is 7.25. The van der Waals surface area contributed by atoms with Gasteiger partial charge >= 0.3 is 12.1 Å². The number of fused-ring (bicyclic) bond motifs is 4. The highest BCUT2D eigenvalue weighted by molar-refractivity contribution is 6.28. The Hall–Kier alpha value is -2.09. The summed E-state index contributed by atoms with van der Waals surface area (Å²) in [6.45, 7) is 0. The molecular formula is C18H17ClF3N3O2. The summed E-state index contributed by atoms with van der Waals surface area (Å²) in [5.41, 5.74) is -1.19. The largest absolute Gasteiger partial charge is 0.481 e. The van der Waals surface area contributed by atoms with Crippen molar-refractivity contribution in [3.05, 3.63) is 29.0 Å². The van der Waals surface area contributed by atoms with Gasteiger partial charge in [-0.05, 0) is 61.3 Å². The van der Waals surface area contributed by atoms with Crippen LogP contribution in [0.1, 0.15) is 31.2 Å². The molecule has 2 aromatic rings. The molecule has 3 fully saturated rings. The highest BCUT2D eigenvalue weighted by Gasteiger charge is 2.47. The number of benzene rings is 1. The minimum atomic E-state index is -4.58. The Balaban J connectivity index is 1.79. The van der Waals surface area contributed by atoms with Gasteiger partial charge in [-0.25, -0.2) is 9.97 Å². The van der Waals surface area contributed by atoms with E-state index in [0.29, 0.717) is 0 Å². The van der Waals surface area contributed by atoms with Crippen LogP contribution in [0.2, 0.25) is 5.28 Å². The fraction of sp³-hybridized carbons (Fsp3) is 0.500. The number of aliphatic carboxylic acids is 1. The summed E-state index contributed by atoms with van der Waals surface area (Å²) in [4.78, 5) is 19.7. The molecule has 1 aromatic heterocycles. The van der Waals surface area contributed by atoms with Gasteiger partial charge in [0.1, 0.15) is 5.82 Å². The van der Waals surface area contributed by atoms with Crippen LogP contribution < -0.4 is 5.32 Å². The minimum absolute atomic E-state index is 0.0688. The third kappa shape index (κ3) is 3.20. The number of alkyl halides is 3. The predicted octanol–water partition coefficient (Wildman–Crippen LogP) is 4.60. The molecule has 27 heavy (non-hydrogen) atoms. The maximum absolute atomic E-state index is 13.3. The molecule has 0 amide bonds. The van der Waals surface area contributed by atoms with Gasteiger partial charge in [-0.1, -0.05) is 6.07 Å². The Labute approximate surface area is 157 Å². The highest BCUT2D eigenvalue weighted by atomic mass is 35.5. The molecule has 2 N–H and O–H groups in total. The number of nitrogens with one attached hydrogen (secondary N) is 1. The second-order valence-corrected chi connectivity index (χ2v) is 7.59. The lowest BCUT2D eigenvalue weighted by Gasteiger charge is -2.47. The lowest BCUT2D eigenvalue weighted by atomic mass is 9.61. The number of hydrogen-bond donors (Lipinski definition) is 2. The minimum Gasteiger partial charge on any atom is -0.481 e. The molecule has 144 valence electrons. The molecule has 0 aliphatic heterocycles. The van der Waals surface area contributed by atoms with Gasteiger partial charge in [0.05, 0.1) is 17.0 Å². The number of nitrogens with zero attached hydrogens (tertiary/aromatic N) is 2. The molecule has 3 aliphatic carbocycles. The Kier molecular flexibility index (Phi) is 4.41. The lowest BCUT2D eigenvalue weighted by molar-refractivity contribution is -0.148. The molecule has 1 aromatic carbocycles. The first-order chi connectivity index (χ1) is 12.8. The molecule has 2 atom stereocenters. The predicted molar refractivity (Wildman–Crippen MR) is 93.5 cm³/mol. The van der Waals surface area contributed by atoms with E-state index >= 15 is 0 Å². The molecule has 1 heterocycles. The van der Waals surface area contributed by atoms with E-state index in [2.05, 4.69) is 15.3 Å². The van der Waals surface area contributed by atoms with Crippen molar-refractivity contribution in [1.82, 2.24) is 9.97 Å². The van der Waals surface area contributed by atoms with Gasteiger partial charge in [-0.15, -0.1) is 0 Å². The van der Waals surface area contributed by atoms with Crippen molar-refractivity contribution < 1.29 is 23.1 Å². The first-order valence-electron chi connectivity index (χ1n) is 8.78. The number of halogens is 4. The zero-order valence-electron chi connectivity index (χ0n) is 14.1. The Morgan fingerprint density at radius 1 is 1.15 bits per heavy atom. The zero-order chi connectivity index (χ0) is 19.3. The van der Waals surface area contributed by atoms with Crippen LogP contribution in [0.25, 0.3) is 10.9 Å². The van der Waals surface area contributed by atoms with E-state index in [4.69, 9.17) is 11.6 Å². The van der Waals surface area contributed by atoms with E-state index in [0.717, 1.165) is 31.7 Å². The van der Waals surface area contributed by atoms with Gasteiger partial charge in [-0.3, -0.25) is 4.79 Å². The van der Waals surface area contributed by atoms with Gasteiger partial charge in [0, 0.05) is 11.4 Å². The molecule has 5 nitrogen and oxygen atoms in total. The molecule has 0 saturated heterocycles. The van der Waals surface area contributed by atoms with Crippen LogP contribution in [-0.2, 0) is 11.0 Å². The highest BCUT2D eigenvalue weighted by Crippen LogP contribution is 2.47. The summed E-state index contributed by atoms with van der Waals surface area (Å²) >= 11 is 5.90. The van der Waals surface area contributed by atoms with Crippen LogP contribution in [0.3, 0.4) is 0 Å². The molecule has 5 rings (SSSR count). The monoisotopic (exact) mass is 399 g/mol. The lowest BCUT2D eigenvalue weighted by Crippen LogP contribution is -2.51. The van der Waals surface area contributed by atoms with Crippen molar-refractivity contribution in [2.75, 3.05) is 5.32 Å². The first kappa shape index (κ1) is 18.3. The molecule has 0 spiro atoms. The van der Waals surface area contributed by atoms with Gasteiger partial charge in [0.2, 0.25) is 5.28 Å². The van der Waals surface area contributed by atoms with Crippen molar-refractivity contribution in [3.8, 4) is 0 Å². The normalized spacial score (nSPS) is 27.7. The van der Waals surface area contributed by atoms with Crippen LogP contribution in [0.5, 0.6) is 0 Å². The van der Waals surface area contributed by atoms with E-state index in [1.54, 1.807) is 0 Å². The standard InChI is InChI=1S/C18H17ClF3N3O2/c19-17-24-14-10(2-1-3-11(14)18(20,21)22)15(25-17)23-13-9-6-4-8(5-7-9)12(13)16(26)27/h1-3,8-9,12-13H,4-7H2,(H,26,27)(H,23,24,25). The maximum atomic E-state index is 13.3. The second kappa shape index (κ2) is 6.51. The fourth-order valence-corrected chi connectivity index (χ4v) is 4.80. The summed E-state index contributed by atoms with van der Waals surface area (Å²) in [5, 5.41) is 12.7.